The summed E-state index contributed by atoms with van der Waals surface area (Å²) in [5.41, 5.74) is 3.63. The molecule has 224 valence electrons. The molecule has 13 heteroatoms. The molecule has 0 spiro atoms. The maximum atomic E-state index is 13.7. The maximum Gasteiger partial charge on any atom is 0.407 e. The first kappa shape index (κ1) is 29.5. The second-order valence-electron chi connectivity index (χ2n) is 9.61. The van der Waals surface area contributed by atoms with Crippen LogP contribution in [0.15, 0.2) is 82.5 Å². The molecule has 2 N–H and O–H groups in total. The Labute approximate surface area is 248 Å². The largest absolute Gasteiger partial charge is 0.496 e. The SMILES string of the molecule is CCc1ccc(OCc2ccccc2)c(S(=O)(=O)Nc2noc3cc(Cn4cc(CNC(=O)OC)cn4)cc(OC)c23)c1. The molecule has 0 saturated heterocycles. The van der Waals surface area contributed by atoms with Gasteiger partial charge in [0, 0.05) is 18.3 Å². The summed E-state index contributed by atoms with van der Waals surface area (Å²) < 4.78 is 53.3. The Balaban J connectivity index is 1.39. The summed E-state index contributed by atoms with van der Waals surface area (Å²) in [6.07, 6.45) is 3.53. The van der Waals surface area contributed by atoms with E-state index >= 15 is 0 Å². The quantitative estimate of drug-likeness (QED) is 0.203. The number of benzene rings is 3. The van der Waals surface area contributed by atoms with E-state index in [0.29, 0.717) is 29.7 Å². The van der Waals surface area contributed by atoms with Gasteiger partial charge in [-0.1, -0.05) is 48.5 Å². The fraction of sp³-hybridized carbons (Fsp3) is 0.233. The number of aromatic nitrogens is 3. The number of alkyl carbamates (subject to hydrolysis) is 1. The second kappa shape index (κ2) is 12.9. The molecular formula is C30H31N5O7S. The molecule has 0 aliphatic rings. The van der Waals surface area contributed by atoms with Crippen LogP contribution in [0.3, 0.4) is 0 Å². The van der Waals surface area contributed by atoms with Crippen molar-refractivity contribution < 1.29 is 31.9 Å². The number of methoxy groups -OCH3 is 2. The van der Waals surface area contributed by atoms with Crippen LogP contribution in [0.1, 0.15) is 29.2 Å². The smallest absolute Gasteiger partial charge is 0.407 e. The fourth-order valence-electron chi connectivity index (χ4n) is 4.45. The van der Waals surface area contributed by atoms with Gasteiger partial charge in [0.05, 0.1) is 27.0 Å². The van der Waals surface area contributed by atoms with Crippen LogP contribution in [-0.2, 0) is 40.9 Å². The average molecular weight is 606 g/mol. The number of ether oxygens (including phenoxy) is 3. The predicted molar refractivity (Wildman–Crippen MR) is 159 cm³/mol. The van der Waals surface area contributed by atoms with Crippen LogP contribution in [0.2, 0.25) is 0 Å². The Morgan fingerprint density at radius 1 is 0.977 bits per heavy atom. The van der Waals surface area contributed by atoms with Crippen LogP contribution in [0.4, 0.5) is 10.6 Å². The molecule has 2 aromatic heterocycles. The first-order chi connectivity index (χ1) is 20.8. The van der Waals surface area contributed by atoms with E-state index in [1.807, 2.05) is 43.3 Å². The van der Waals surface area contributed by atoms with Crippen molar-refractivity contribution in [3.8, 4) is 11.5 Å². The van der Waals surface area contributed by atoms with Gasteiger partial charge in [0.25, 0.3) is 10.0 Å². The number of carbonyl (C=O) groups excluding carboxylic acids is 1. The van der Waals surface area contributed by atoms with E-state index in [1.54, 1.807) is 41.3 Å². The molecule has 5 aromatic rings. The standard InChI is InChI=1S/C30H31N5O7S/c1-4-20-10-11-24(41-19-21-8-6-5-7-9-21)27(14-20)43(37,38)34-29-28-25(39-2)12-22(13-26(28)42-33-29)17-35-18-23(16-32-35)15-31-30(36)40-3/h5-14,16,18H,4,15,17,19H2,1-3H3,(H,31,36)(H,33,34). The predicted octanol–water partition coefficient (Wildman–Crippen LogP) is 4.88. The Bertz CT molecular complexity index is 1830. The van der Waals surface area contributed by atoms with E-state index in [2.05, 4.69) is 25.0 Å². The van der Waals surface area contributed by atoms with E-state index in [1.165, 1.54) is 14.2 Å². The van der Waals surface area contributed by atoms with Gasteiger partial charge in [-0.3, -0.25) is 9.40 Å². The van der Waals surface area contributed by atoms with Crippen molar-refractivity contribution in [3.05, 3.63) is 95.3 Å². The van der Waals surface area contributed by atoms with E-state index in [0.717, 1.165) is 22.3 Å². The zero-order valence-electron chi connectivity index (χ0n) is 23.9. The third kappa shape index (κ3) is 6.89. The first-order valence-corrected chi connectivity index (χ1v) is 14.9. The minimum atomic E-state index is -4.14. The number of aryl methyl sites for hydroxylation is 1. The molecule has 0 saturated carbocycles. The molecule has 12 nitrogen and oxygen atoms in total. The van der Waals surface area contributed by atoms with Crippen molar-refractivity contribution in [1.82, 2.24) is 20.3 Å². The first-order valence-electron chi connectivity index (χ1n) is 13.4. The highest BCUT2D eigenvalue weighted by Crippen LogP contribution is 2.36. The number of nitrogens with zero attached hydrogens (tertiary/aromatic N) is 3. The summed E-state index contributed by atoms with van der Waals surface area (Å²) >= 11 is 0. The third-order valence-electron chi connectivity index (χ3n) is 6.65. The molecule has 0 aliphatic carbocycles. The van der Waals surface area contributed by atoms with Gasteiger partial charge in [-0.15, -0.1) is 0 Å². The Hall–Kier alpha value is -5.04. The van der Waals surface area contributed by atoms with E-state index in [4.69, 9.17) is 14.0 Å². The number of anilines is 1. The number of rotatable bonds is 12. The highest BCUT2D eigenvalue weighted by molar-refractivity contribution is 7.92. The van der Waals surface area contributed by atoms with E-state index in [-0.39, 0.29) is 29.6 Å². The number of carbonyl (C=O) groups is 1. The summed E-state index contributed by atoms with van der Waals surface area (Å²) in [6.45, 7) is 2.78. The summed E-state index contributed by atoms with van der Waals surface area (Å²) in [7, 11) is -1.37. The summed E-state index contributed by atoms with van der Waals surface area (Å²) in [6, 6.07) is 18.1. The Morgan fingerprint density at radius 2 is 1.79 bits per heavy atom. The number of amides is 1. The maximum absolute atomic E-state index is 13.7. The van der Waals surface area contributed by atoms with Crippen LogP contribution in [0.25, 0.3) is 11.0 Å². The van der Waals surface area contributed by atoms with E-state index < -0.39 is 16.1 Å². The van der Waals surface area contributed by atoms with E-state index in [9.17, 15) is 13.2 Å². The molecule has 0 aliphatic heterocycles. The zero-order chi connectivity index (χ0) is 30.4. The van der Waals surface area contributed by atoms with Crippen molar-refractivity contribution in [1.29, 1.82) is 0 Å². The lowest BCUT2D eigenvalue weighted by atomic mass is 10.1. The molecule has 2 heterocycles. The van der Waals surface area contributed by atoms with Gasteiger partial charge in [-0.05, 0) is 47.4 Å². The van der Waals surface area contributed by atoms with Gasteiger partial charge in [0.15, 0.2) is 11.4 Å². The van der Waals surface area contributed by atoms with Crippen LogP contribution >= 0.6 is 0 Å². The highest BCUT2D eigenvalue weighted by Gasteiger charge is 2.25. The molecule has 43 heavy (non-hydrogen) atoms. The normalized spacial score (nSPS) is 11.3. The van der Waals surface area contributed by atoms with Gasteiger partial charge < -0.3 is 24.1 Å². The third-order valence-corrected chi connectivity index (χ3v) is 8.01. The Kier molecular flexibility index (Phi) is 8.81. The minimum Gasteiger partial charge on any atom is -0.496 e. The van der Waals surface area contributed by atoms with Gasteiger partial charge in [-0.2, -0.15) is 5.10 Å². The molecule has 0 radical (unpaired) electrons. The fourth-order valence-corrected chi connectivity index (χ4v) is 5.65. The van der Waals surface area contributed by atoms with Crippen LogP contribution < -0.4 is 19.5 Å². The van der Waals surface area contributed by atoms with Crippen molar-refractivity contribution >= 4 is 32.9 Å². The number of hydrogen-bond donors (Lipinski definition) is 2. The van der Waals surface area contributed by atoms with Gasteiger partial charge in [0.2, 0.25) is 0 Å². The summed E-state index contributed by atoms with van der Waals surface area (Å²) in [4.78, 5) is 11.3. The number of nitrogens with one attached hydrogen (secondary N) is 2. The van der Waals surface area contributed by atoms with Crippen molar-refractivity contribution in [3.63, 3.8) is 0 Å². The lowest BCUT2D eigenvalue weighted by molar-refractivity contribution is 0.170. The van der Waals surface area contributed by atoms with Crippen molar-refractivity contribution in [2.75, 3.05) is 18.9 Å². The van der Waals surface area contributed by atoms with Gasteiger partial charge in [-0.25, -0.2) is 13.2 Å². The van der Waals surface area contributed by atoms with Gasteiger partial charge in [0.1, 0.15) is 28.4 Å². The lowest BCUT2D eigenvalue weighted by Crippen LogP contribution is -2.21. The number of fused-ring (bicyclic) bond motifs is 1. The number of sulfonamides is 1. The molecule has 0 fully saturated rings. The highest BCUT2D eigenvalue weighted by atomic mass is 32.2. The van der Waals surface area contributed by atoms with Crippen LogP contribution in [0, 0.1) is 0 Å². The molecular weight excluding hydrogens is 574 g/mol. The second-order valence-corrected chi connectivity index (χ2v) is 11.3. The molecule has 3 aromatic carbocycles. The van der Waals surface area contributed by atoms with Crippen LogP contribution in [0.5, 0.6) is 11.5 Å². The summed E-state index contributed by atoms with van der Waals surface area (Å²) in [5.74, 6) is 0.578. The molecule has 1 amide bonds. The topological polar surface area (TPSA) is 147 Å². The van der Waals surface area contributed by atoms with Crippen molar-refractivity contribution in [2.45, 2.75) is 37.9 Å². The Morgan fingerprint density at radius 3 is 2.53 bits per heavy atom. The summed E-state index contributed by atoms with van der Waals surface area (Å²) in [5, 5.41) is 11.3. The molecule has 0 unspecified atom stereocenters. The average Bonchev–Trinajstić information content (AvgIpc) is 3.65. The monoisotopic (exact) mass is 605 g/mol. The molecule has 0 atom stereocenters. The van der Waals surface area contributed by atoms with Crippen LogP contribution in [-0.4, -0.2) is 43.7 Å². The van der Waals surface area contributed by atoms with Gasteiger partial charge >= 0.3 is 6.09 Å². The zero-order valence-corrected chi connectivity index (χ0v) is 24.7. The van der Waals surface area contributed by atoms with Crippen molar-refractivity contribution in [2.24, 2.45) is 0 Å². The lowest BCUT2D eigenvalue weighted by Gasteiger charge is -2.14. The minimum absolute atomic E-state index is 0.00862. The molecule has 5 rings (SSSR count). The number of hydrogen-bond acceptors (Lipinski definition) is 9. The molecule has 0 bridgehead atoms.